The molecule has 1 N–H and O–H groups in total. The third kappa shape index (κ3) is 4.36. The fourth-order valence-corrected chi connectivity index (χ4v) is 2.54. The Bertz CT molecular complexity index is 888. The van der Waals surface area contributed by atoms with Gasteiger partial charge in [-0.25, -0.2) is 5.43 Å². The molecule has 26 heavy (non-hydrogen) atoms. The molecule has 0 saturated carbocycles. The Morgan fingerprint density at radius 3 is 2.31 bits per heavy atom. The summed E-state index contributed by atoms with van der Waals surface area (Å²) in [5, 5.41) is 4.04. The Morgan fingerprint density at radius 1 is 0.923 bits per heavy atom. The maximum atomic E-state index is 12.2. The minimum absolute atomic E-state index is 0.255. The van der Waals surface area contributed by atoms with Gasteiger partial charge in [-0.2, -0.15) is 5.10 Å². The van der Waals surface area contributed by atoms with Gasteiger partial charge in [0.1, 0.15) is 5.75 Å². The van der Waals surface area contributed by atoms with Gasteiger partial charge in [-0.15, -0.1) is 0 Å². The largest absolute Gasteiger partial charge is 0.493 e. The van der Waals surface area contributed by atoms with Crippen LogP contribution < -0.4 is 10.2 Å². The highest BCUT2D eigenvalue weighted by Gasteiger charge is 2.05. The third-order valence-electron chi connectivity index (χ3n) is 3.84. The lowest BCUT2D eigenvalue weighted by molar-refractivity contribution is 0.0955. The van der Waals surface area contributed by atoms with Crippen molar-refractivity contribution < 1.29 is 9.53 Å². The predicted octanol–water partition coefficient (Wildman–Crippen LogP) is 4.52. The van der Waals surface area contributed by atoms with Gasteiger partial charge < -0.3 is 4.74 Å². The number of hydrazone groups is 1. The van der Waals surface area contributed by atoms with Gasteiger partial charge in [0.05, 0.1) is 12.8 Å². The third-order valence-corrected chi connectivity index (χ3v) is 3.84. The normalized spacial score (nSPS) is 10.7. The number of hydrogen-bond donors (Lipinski definition) is 1. The summed E-state index contributed by atoms with van der Waals surface area (Å²) in [6, 6.07) is 25.0. The van der Waals surface area contributed by atoms with Crippen molar-refractivity contribution in [3.8, 4) is 16.9 Å². The van der Waals surface area contributed by atoms with Gasteiger partial charge in [0, 0.05) is 11.1 Å². The number of carbonyl (C=O) groups excluding carboxylic acids is 1. The van der Waals surface area contributed by atoms with Crippen molar-refractivity contribution in [1.29, 1.82) is 0 Å². The van der Waals surface area contributed by atoms with Crippen molar-refractivity contribution in [2.24, 2.45) is 5.10 Å². The van der Waals surface area contributed by atoms with E-state index in [2.05, 4.69) is 10.5 Å². The van der Waals surface area contributed by atoms with E-state index in [9.17, 15) is 4.79 Å². The number of nitrogens with one attached hydrogen (secondary N) is 1. The standard InChI is InChI=1S/C22H20N2O2/c1-2-26-21-11-7-6-10-20(21)16-23-24-22(25)19-14-12-18(13-15-19)17-8-4-3-5-9-17/h3-16H,2H2,1H3,(H,24,25). The smallest absolute Gasteiger partial charge is 0.271 e. The Hall–Kier alpha value is -3.40. The van der Waals surface area contributed by atoms with Crippen LogP contribution >= 0.6 is 0 Å². The number of nitrogens with zero attached hydrogens (tertiary/aromatic N) is 1. The van der Waals surface area contributed by atoms with E-state index in [0.717, 1.165) is 22.4 Å². The van der Waals surface area contributed by atoms with Crippen LogP contribution in [0.3, 0.4) is 0 Å². The van der Waals surface area contributed by atoms with Crippen molar-refractivity contribution in [2.45, 2.75) is 6.92 Å². The van der Waals surface area contributed by atoms with Crippen LogP contribution in [-0.2, 0) is 0 Å². The number of hydrogen-bond acceptors (Lipinski definition) is 3. The average molecular weight is 344 g/mol. The topological polar surface area (TPSA) is 50.7 Å². The first-order valence-electron chi connectivity index (χ1n) is 8.48. The minimum atomic E-state index is -0.255. The van der Waals surface area contributed by atoms with Crippen molar-refractivity contribution >= 4 is 12.1 Å². The van der Waals surface area contributed by atoms with Crippen LogP contribution in [0.25, 0.3) is 11.1 Å². The molecule has 1 amide bonds. The molecule has 0 bridgehead atoms. The summed E-state index contributed by atoms with van der Waals surface area (Å²) in [5.41, 5.74) is 6.10. The molecule has 3 rings (SSSR count). The predicted molar refractivity (Wildman–Crippen MR) is 105 cm³/mol. The Labute approximate surface area is 153 Å². The minimum Gasteiger partial charge on any atom is -0.493 e. The Balaban J connectivity index is 1.65. The molecule has 3 aromatic carbocycles. The fourth-order valence-electron chi connectivity index (χ4n) is 2.54. The van der Waals surface area contributed by atoms with Crippen LogP contribution in [0, 0.1) is 0 Å². The molecule has 0 heterocycles. The summed E-state index contributed by atoms with van der Waals surface area (Å²) >= 11 is 0. The number of rotatable bonds is 6. The molecule has 0 atom stereocenters. The lowest BCUT2D eigenvalue weighted by Gasteiger charge is -2.06. The zero-order valence-electron chi connectivity index (χ0n) is 14.6. The van der Waals surface area contributed by atoms with E-state index in [1.54, 1.807) is 18.3 Å². The summed E-state index contributed by atoms with van der Waals surface area (Å²) in [7, 11) is 0. The highest BCUT2D eigenvalue weighted by molar-refractivity contribution is 5.95. The Morgan fingerprint density at radius 2 is 1.58 bits per heavy atom. The molecule has 4 nitrogen and oxygen atoms in total. The molecule has 3 aromatic rings. The second-order valence-corrected chi connectivity index (χ2v) is 5.61. The summed E-state index contributed by atoms with van der Waals surface area (Å²) in [6.45, 7) is 2.50. The van der Waals surface area contributed by atoms with Crippen LogP contribution in [0.1, 0.15) is 22.8 Å². The lowest BCUT2D eigenvalue weighted by Crippen LogP contribution is -2.17. The van der Waals surface area contributed by atoms with E-state index in [-0.39, 0.29) is 5.91 Å². The van der Waals surface area contributed by atoms with Crippen LogP contribution in [0.15, 0.2) is 84.0 Å². The van der Waals surface area contributed by atoms with E-state index in [1.165, 1.54) is 0 Å². The molecule has 130 valence electrons. The first-order chi connectivity index (χ1) is 12.8. The maximum Gasteiger partial charge on any atom is 0.271 e. The molecule has 0 spiro atoms. The molecular formula is C22H20N2O2. The molecule has 0 aliphatic rings. The summed E-state index contributed by atoms with van der Waals surface area (Å²) in [5.74, 6) is 0.481. The van der Waals surface area contributed by atoms with Crippen molar-refractivity contribution in [3.05, 3.63) is 90.0 Å². The van der Waals surface area contributed by atoms with E-state index in [0.29, 0.717) is 12.2 Å². The van der Waals surface area contributed by atoms with Gasteiger partial charge in [-0.1, -0.05) is 54.6 Å². The lowest BCUT2D eigenvalue weighted by atomic mass is 10.0. The van der Waals surface area contributed by atoms with Gasteiger partial charge in [-0.3, -0.25) is 4.79 Å². The van der Waals surface area contributed by atoms with Crippen LogP contribution in [0.2, 0.25) is 0 Å². The average Bonchev–Trinajstić information content (AvgIpc) is 2.70. The number of carbonyl (C=O) groups is 1. The van der Waals surface area contributed by atoms with Crippen molar-refractivity contribution in [3.63, 3.8) is 0 Å². The van der Waals surface area contributed by atoms with Crippen molar-refractivity contribution in [2.75, 3.05) is 6.61 Å². The van der Waals surface area contributed by atoms with E-state index in [1.807, 2.05) is 73.7 Å². The highest BCUT2D eigenvalue weighted by atomic mass is 16.5. The molecule has 0 aromatic heterocycles. The number of para-hydroxylation sites is 1. The highest BCUT2D eigenvalue weighted by Crippen LogP contribution is 2.19. The fraction of sp³-hybridized carbons (Fsp3) is 0.0909. The second kappa shape index (κ2) is 8.62. The molecule has 0 saturated heterocycles. The molecule has 0 radical (unpaired) electrons. The first-order valence-corrected chi connectivity index (χ1v) is 8.48. The van der Waals surface area contributed by atoms with Gasteiger partial charge in [0.15, 0.2) is 0 Å². The summed E-state index contributed by atoms with van der Waals surface area (Å²) in [4.78, 5) is 12.2. The maximum absolute atomic E-state index is 12.2. The second-order valence-electron chi connectivity index (χ2n) is 5.61. The van der Waals surface area contributed by atoms with Gasteiger partial charge in [0.25, 0.3) is 5.91 Å². The molecule has 4 heteroatoms. The number of ether oxygens (including phenoxy) is 1. The van der Waals surface area contributed by atoms with E-state index < -0.39 is 0 Å². The van der Waals surface area contributed by atoms with Gasteiger partial charge in [-0.05, 0) is 42.3 Å². The summed E-state index contributed by atoms with van der Waals surface area (Å²) < 4.78 is 5.53. The monoisotopic (exact) mass is 344 g/mol. The van der Waals surface area contributed by atoms with Gasteiger partial charge in [0.2, 0.25) is 0 Å². The SMILES string of the molecule is CCOc1ccccc1C=NNC(=O)c1ccc(-c2ccccc2)cc1. The van der Waals surface area contributed by atoms with Crippen LogP contribution in [-0.4, -0.2) is 18.7 Å². The molecular weight excluding hydrogens is 324 g/mol. The van der Waals surface area contributed by atoms with Crippen molar-refractivity contribution in [1.82, 2.24) is 5.43 Å². The quantitative estimate of drug-likeness (QED) is 0.528. The van der Waals surface area contributed by atoms with Crippen LogP contribution in [0.4, 0.5) is 0 Å². The number of amides is 1. The molecule has 0 aliphatic carbocycles. The van der Waals surface area contributed by atoms with E-state index >= 15 is 0 Å². The van der Waals surface area contributed by atoms with Gasteiger partial charge >= 0.3 is 0 Å². The Kier molecular flexibility index (Phi) is 5.78. The summed E-state index contributed by atoms with van der Waals surface area (Å²) in [6.07, 6.45) is 1.58. The zero-order chi connectivity index (χ0) is 18.2. The van der Waals surface area contributed by atoms with E-state index in [4.69, 9.17) is 4.74 Å². The molecule has 0 fully saturated rings. The number of benzene rings is 3. The molecule has 0 aliphatic heterocycles. The zero-order valence-corrected chi connectivity index (χ0v) is 14.6. The first kappa shape index (κ1) is 17.4. The van der Waals surface area contributed by atoms with Crippen LogP contribution in [0.5, 0.6) is 5.75 Å². The molecule has 0 unspecified atom stereocenters.